The summed E-state index contributed by atoms with van der Waals surface area (Å²) in [6.45, 7) is 4.10. The maximum atomic E-state index is 5.46. The zero-order valence-electron chi connectivity index (χ0n) is 15.0. The molecule has 5 rings (SSSR count). The number of hydrogen-bond acceptors (Lipinski definition) is 5. The lowest BCUT2D eigenvalue weighted by molar-refractivity contribution is 0.122. The summed E-state index contributed by atoms with van der Waals surface area (Å²) in [6, 6.07) is 10.7. The van der Waals surface area contributed by atoms with E-state index in [1.807, 2.05) is 0 Å². The summed E-state index contributed by atoms with van der Waals surface area (Å²) in [5.41, 5.74) is 4.25. The van der Waals surface area contributed by atoms with Crippen LogP contribution in [0.4, 0.5) is 11.5 Å². The Balaban J connectivity index is 1.46. The predicted octanol–water partition coefficient (Wildman–Crippen LogP) is 3.35. The number of anilines is 2. The molecule has 0 spiro atoms. The van der Waals surface area contributed by atoms with Crippen LogP contribution in [0.3, 0.4) is 0 Å². The number of ether oxygens (including phenoxy) is 1. The van der Waals surface area contributed by atoms with E-state index in [0.29, 0.717) is 0 Å². The third-order valence-electron chi connectivity index (χ3n) is 5.04. The van der Waals surface area contributed by atoms with E-state index < -0.39 is 0 Å². The Labute approximate surface area is 157 Å². The zero-order chi connectivity index (χ0) is 18.1. The fraction of sp³-hybridized carbons (Fsp3) is 0.238. The van der Waals surface area contributed by atoms with Crippen molar-refractivity contribution >= 4 is 22.5 Å². The second kappa shape index (κ2) is 6.89. The molecule has 6 heteroatoms. The Bertz CT molecular complexity index is 999. The average Bonchev–Trinajstić information content (AvgIpc) is 3.19. The van der Waals surface area contributed by atoms with Crippen LogP contribution < -0.4 is 9.80 Å². The first-order valence-electron chi connectivity index (χ1n) is 9.25. The topological polar surface area (TPSA) is 57.3 Å². The Morgan fingerprint density at radius 3 is 2.63 bits per heavy atom. The highest BCUT2D eigenvalue weighted by molar-refractivity contribution is 5.92. The smallest absolute Gasteiger partial charge is 0.143 e. The third-order valence-corrected chi connectivity index (χ3v) is 5.04. The molecule has 0 radical (unpaired) electrons. The normalized spacial score (nSPS) is 17.0. The molecule has 0 amide bonds. The van der Waals surface area contributed by atoms with Gasteiger partial charge >= 0.3 is 0 Å². The van der Waals surface area contributed by atoms with Gasteiger partial charge in [-0.05, 0) is 29.8 Å². The highest BCUT2D eigenvalue weighted by Gasteiger charge is 2.17. The second-order valence-corrected chi connectivity index (χ2v) is 6.71. The van der Waals surface area contributed by atoms with E-state index in [1.165, 1.54) is 5.69 Å². The Morgan fingerprint density at radius 2 is 1.85 bits per heavy atom. The Kier molecular flexibility index (Phi) is 4.10. The van der Waals surface area contributed by atoms with Crippen molar-refractivity contribution in [1.82, 2.24) is 15.0 Å². The molecule has 3 aromatic rings. The molecule has 6 nitrogen and oxygen atoms in total. The van der Waals surface area contributed by atoms with Crippen LogP contribution in [0.25, 0.3) is 22.3 Å². The van der Waals surface area contributed by atoms with Crippen LogP contribution in [0.5, 0.6) is 0 Å². The maximum Gasteiger partial charge on any atom is 0.143 e. The van der Waals surface area contributed by atoms with E-state index in [0.717, 1.165) is 61.0 Å². The third kappa shape index (κ3) is 3.08. The molecule has 136 valence electrons. The minimum atomic E-state index is 0.740. The SMILES string of the molecule is C1=CCN(c2ccc(-c3cc4c(N5CCOCC5)ncnc4[nH]3)cc2)C=C1. The molecule has 0 saturated carbocycles. The van der Waals surface area contributed by atoms with Crippen LogP contribution in [0.1, 0.15) is 0 Å². The van der Waals surface area contributed by atoms with Gasteiger partial charge in [0, 0.05) is 37.2 Å². The van der Waals surface area contributed by atoms with Gasteiger partial charge in [-0.2, -0.15) is 0 Å². The number of rotatable bonds is 3. The van der Waals surface area contributed by atoms with Gasteiger partial charge in [0.25, 0.3) is 0 Å². The molecule has 4 heterocycles. The molecule has 1 fully saturated rings. The first-order valence-corrected chi connectivity index (χ1v) is 9.25. The average molecular weight is 359 g/mol. The van der Waals surface area contributed by atoms with Crippen LogP contribution >= 0.6 is 0 Å². The lowest BCUT2D eigenvalue weighted by Gasteiger charge is -2.27. The van der Waals surface area contributed by atoms with Crippen molar-refractivity contribution in [3.05, 3.63) is 61.1 Å². The Morgan fingerprint density at radius 1 is 1.00 bits per heavy atom. The van der Waals surface area contributed by atoms with Gasteiger partial charge in [-0.3, -0.25) is 0 Å². The van der Waals surface area contributed by atoms with Crippen LogP contribution in [-0.4, -0.2) is 47.8 Å². The summed E-state index contributed by atoms with van der Waals surface area (Å²) < 4.78 is 5.46. The van der Waals surface area contributed by atoms with Crippen molar-refractivity contribution in [3.63, 3.8) is 0 Å². The van der Waals surface area contributed by atoms with Gasteiger partial charge in [-0.25, -0.2) is 9.97 Å². The van der Waals surface area contributed by atoms with Crippen LogP contribution in [-0.2, 0) is 4.74 Å². The first-order chi connectivity index (χ1) is 13.4. The van der Waals surface area contributed by atoms with Crippen molar-refractivity contribution in [2.75, 3.05) is 42.6 Å². The lowest BCUT2D eigenvalue weighted by atomic mass is 10.1. The monoisotopic (exact) mass is 359 g/mol. The van der Waals surface area contributed by atoms with Crippen molar-refractivity contribution in [3.8, 4) is 11.3 Å². The molecule has 0 bridgehead atoms. The van der Waals surface area contributed by atoms with E-state index in [2.05, 4.69) is 79.5 Å². The standard InChI is InChI=1S/C21H21N5O/c1-2-8-25(9-3-1)17-6-4-16(5-7-17)19-14-18-20(24-19)22-15-23-21(18)26-10-12-27-13-11-26/h1-8,14-15H,9-13H2,(H,22,23,24). The van der Waals surface area contributed by atoms with Crippen molar-refractivity contribution in [2.24, 2.45) is 0 Å². The van der Waals surface area contributed by atoms with E-state index in [-0.39, 0.29) is 0 Å². The number of aromatic amines is 1. The predicted molar refractivity (Wildman–Crippen MR) is 108 cm³/mol. The summed E-state index contributed by atoms with van der Waals surface area (Å²) in [7, 11) is 0. The molecular formula is C21H21N5O. The molecule has 2 aromatic heterocycles. The summed E-state index contributed by atoms with van der Waals surface area (Å²) >= 11 is 0. The van der Waals surface area contributed by atoms with E-state index in [9.17, 15) is 0 Å². The van der Waals surface area contributed by atoms with Gasteiger partial charge in [0.15, 0.2) is 0 Å². The van der Waals surface area contributed by atoms with Gasteiger partial charge < -0.3 is 19.5 Å². The number of aromatic nitrogens is 3. The number of benzene rings is 1. The summed E-state index contributed by atoms with van der Waals surface area (Å²) in [5.74, 6) is 0.979. The number of nitrogens with zero attached hydrogens (tertiary/aromatic N) is 4. The van der Waals surface area contributed by atoms with Gasteiger partial charge in [0.1, 0.15) is 17.8 Å². The molecule has 2 aliphatic heterocycles. The summed E-state index contributed by atoms with van der Waals surface area (Å²) in [6.07, 6.45) is 10.0. The number of H-pyrrole nitrogens is 1. The molecule has 0 aliphatic carbocycles. The van der Waals surface area contributed by atoms with Gasteiger partial charge in [0.05, 0.1) is 18.6 Å². The molecular weight excluding hydrogens is 338 g/mol. The van der Waals surface area contributed by atoms with Crippen molar-refractivity contribution in [2.45, 2.75) is 0 Å². The van der Waals surface area contributed by atoms with E-state index in [1.54, 1.807) is 6.33 Å². The second-order valence-electron chi connectivity index (χ2n) is 6.71. The van der Waals surface area contributed by atoms with E-state index >= 15 is 0 Å². The van der Waals surface area contributed by atoms with Crippen molar-refractivity contribution in [1.29, 1.82) is 0 Å². The molecule has 1 N–H and O–H groups in total. The largest absolute Gasteiger partial charge is 0.378 e. The number of morpholine rings is 1. The lowest BCUT2D eigenvalue weighted by Crippen LogP contribution is -2.36. The van der Waals surface area contributed by atoms with Gasteiger partial charge in [0.2, 0.25) is 0 Å². The first kappa shape index (κ1) is 16.1. The fourth-order valence-electron chi connectivity index (χ4n) is 3.60. The molecule has 0 unspecified atom stereocenters. The number of nitrogens with one attached hydrogen (secondary N) is 1. The molecule has 0 atom stereocenters. The van der Waals surface area contributed by atoms with Crippen LogP contribution in [0, 0.1) is 0 Å². The molecule has 1 aromatic carbocycles. The number of hydrogen-bond donors (Lipinski definition) is 1. The Hall–Kier alpha value is -3.12. The van der Waals surface area contributed by atoms with E-state index in [4.69, 9.17) is 4.74 Å². The van der Waals surface area contributed by atoms with Gasteiger partial charge in [-0.15, -0.1) is 0 Å². The fourth-order valence-corrected chi connectivity index (χ4v) is 3.60. The highest BCUT2D eigenvalue weighted by Crippen LogP contribution is 2.30. The minimum Gasteiger partial charge on any atom is -0.378 e. The minimum absolute atomic E-state index is 0.740. The maximum absolute atomic E-state index is 5.46. The van der Waals surface area contributed by atoms with Crippen LogP contribution in [0.2, 0.25) is 0 Å². The molecule has 1 saturated heterocycles. The molecule has 27 heavy (non-hydrogen) atoms. The summed E-state index contributed by atoms with van der Waals surface area (Å²) in [5, 5.41) is 1.06. The quantitative estimate of drug-likeness (QED) is 0.777. The number of allylic oxidation sites excluding steroid dienone is 2. The summed E-state index contributed by atoms with van der Waals surface area (Å²) in [4.78, 5) is 16.9. The van der Waals surface area contributed by atoms with Crippen molar-refractivity contribution < 1.29 is 4.74 Å². The van der Waals surface area contributed by atoms with Gasteiger partial charge in [-0.1, -0.05) is 24.3 Å². The highest BCUT2D eigenvalue weighted by atomic mass is 16.5. The number of fused-ring (bicyclic) bond motifs is 1. The zero-order valence-corrected chi connectivity index (χ0v) is 15.0. The van der Waals surface area contributed by atoms with Crippen LogP contribution in [0.15, 0.2) is 61.1 Å². The molecule has 2 aliphatic rings.